The number of nitrogens with two attached hydrogens (primary N) is 1. The molecule has 0 aliphatic carbocycles. The quantitative estimate of drug-likeness (QED) is 0.933. The van der Waals surface area contributed by atoms with E-state index in [2.05, 4.69) is 9.88 Å². The van der Waals surface area contributed by atoms with Gasteiger partial charge in [0.15, 0.2) is 0 Å². The van der Waals surface area contributed by atoms with Gasteiger partial charge in [-0.05, 0) is 42.7 Å². The van der Waals surface area contributed by atoms with Crippen LogP contribution in [-0.2, 0) is 6.42 Å². The SMILES string of the molecule is CC(N)C(c1cccnc1)N1CCc2ccc(F)cc21. The molecule has 0 saturated heterocycles. The maximum absolute atomic E-state index is 13.5. The zero-order valence-corrected chi connectivity index (χ0v) is 11.5. The van der Waals surface area contributed by atoms with Crippen LogP contribution in [-0.4, -0.2) is 17.6 Å². The molecule has 2 N–H and O–H groups in total. The van der Waals surface area contributed by atoms with E-state index in [1.165, 1.54) is 11.6 Å². The minimum absolute atomic E-state index is 0.0201. The minimum Gasteiger partial charge on any atom is -0.362 e. The molecule has 1 aliphatic rings. The second-order valence-corrected chi connectivity index (χ2v) is 5.31. The smallest absolute Gasteiger partial charge is 0.125 e. The molecule has 0 spiro atoms. The van der Waals surface area contributed by atoms with Crippen LogP contribution < -0.4 is 10.6 Å². The van der Waals surface area contributed by atoms with Crippen molar-refractivity contribution in [1.29, 1.82) is 0 Å². The molecule has 0 radical (unpaired) electrons. The highest BCUT2D eigenvalue weighted by atomic mass is 19.1. The Hall–Kier alpha value is -1.94. The van der Waals surface area contributed by atoms with Gasteiger partial charge in [-0.2, -0.15) is 0 Å². The number of hydrogen-bond donors (Lipinski definition) is 1. The van der Waals surface area contributed by atoms with Crippen molar-refractivity contribution in [3.05, 3.63) is 59.7 Å². The van der Waals surface area contributed by atoms with Crippen LogP contribution in [0.4, 0.5) is 10.1 Å². The average Bonchev–Trinajstić information content (AvgIpc) is 2.83. The molecule has 3 rings (SSSR count). The molecular weight excluding hydrogens is 253 g/mol. The number of halogens is 1. The number of aromatic nitrogens is 1. The summed E-state index contributed by atoms with van der Waals surface area (Å²) < 4.78 is 13.5. The van der Waals surface area contributed by atoms with Gasteiger partial charge in [0, 0.05) is 30.7 Å². The number of nitrogens with zero attached hydrogens (tertiary/aromatic N) is 2. The van der Waals surface area contributed by atoms with Gasteiger partial charge in [0.25, 0.3) is 0 Å². The predicted octanol–water partition coefficient (Wildman–Crippen LogP) is 2.67. The van der Waals surface area contributed by atoms with Crippen molar-refractivity contribution in [3.8, 4) is 0 Å². The normalized spacial score (nSPS) is 16.9. The Bertz CT molecular complexity index is 598. The van der Waals surface area contributed by atoms with Crippen LogP contribution in [0.1, 0.15) is 24.1 Å². The van der Waals surface area contributed by atoms with Crippen molar-refractivity contribution in [3.63, 3.8) is 0 Å². The Labute approximate surface area is 118 Å². The maximum Gasteiger partial charge on any atom is 0.125 e. The third-order valence-corrected chi connectivity index (χ3v) is 3.84. The molecule has 104 valence electrons. The molecule has 1 aliphatic heterocycles. The van der Waals surface area contributed by atoms with E-state index in [9.17, 15) is 4.39 Å². The highest BCUT2D eigenvalue weighted by molar-refractivity contribution is 5.60. The van der Waals surface area contributed by atoms with Crippen LogP contribution in [0.5, 0.6) is 0 Å². The highest BCUT2D eigenvalue weighted by Crippen LogP contribution is 2.36. The van der Waals surface area contributed by atoms with Crippen molar-refractivity contribution in [1.82, 2.24) is 4.98 Å². The van der Waals surface area contributed by atoms with Crippen molar-refractivity contribution in [2.45, 2.75) is 25.4 Å². The van der Waals surface area contributed by atoms with E-state index < -0.39 is 0 Å². The third-order valence-electron chi connectivity index (χ3n) is 3.84. The standard InChI is InChI=1S/C16H18FN3/c1-11(18)16(13-3-2-7-19-10-13)20-8-6-12-4-5-14(17)9-15(12)20/h2-5,7,9-11,16H,6,8,18H2,1H3. The zero-order chi connectivity index (χ0) is 14.1. The first-order chi connectivity index (χ1) is 9.66. The molecule has 3 nitrogen and oxygen atoms in total. The lowest BCUT2D eigenvalue weighted by molar-refractivity contribution is 0.539. The number of anilines is 1. The van der Waals surface area contributed by atoms with Crippen LogP contribution >= 0.6 is 0 Å². The summed E-state index contributed by atoms with van der Waals surface area (Å²) in [5.74, 6) is -0.203. The monoisotopic (exact) mass is 271 g/mol. The zero-order valence-electron chi connectivity index (χ0n) is 11.5. The van der Waals surface area contributed by atoms with Gasteiger partial charge in [-0.1, -0.05) is 12.1 Å². The predicted molar refractivity (Wildman–Crippen MR) is 78.1 cm³/mol. The molecule has 2 unspecified atom stereocenters. The Morgan fingerprint density at radius 3 is 2.90 bits per heavy atom. The topological polar surface area (TPSA) is 42.1 Å². The van der Waals surface area contributed by atoms with E-state index in [1.54, 1.807) is 12.3 Å². The van der Waals surface area contributed by atoms with Crippen LogP contribution in [0.25, 0.3) is 0 Å². The molecule has 2 aromatic rings. The van der Waals surface area contributed by atoms with Crippen molar-refractivity contribution in [2.75, 3.05) is 11.4 Å². The first kappa shape index (κ1) is 13.1. The van der Waals surface area contributed by atoms with Gasteiger partial charge in [-0.15, -0.1) is 0 Å². The summed E-state index contributed by atoms with van der Waals surface area (Å²) in [6, 6.07) is 8.89. The molecule has 0 amide bonds. The second kappa shape index (κ2) is 5.21. The summed E-state index contributed by atoms with van der Waals surface area (Å²) in [6.07, 6.45) is 4.52. The molecule has 4 heteroatoms. The van der Waals surface area contributed by atoms with Crippen LogP contribution in [0.3, 0.4) is 0 Å². The maximum atomic E-state index is 13.5. The Kier molecular flexibility index (Phi) is 3.40. The summed E-state index contributed by atoms with van der Waals surface area (Å²) in [6.45, 7) is 2.84. The van der Waals surface area contributed by atoms with Crippen molar-refractivity contribution in [2.24, 2.45) is 5.73 Å². The van der Waals surface area contributed by atoms with E-state index in [4.69, 9.17) is 5.73 Å². The van der Waals surface area contributed by atoms with Crippen LogP contribution in [0.15, 0.2) is 42.7 Å². The van der Waals surface area contributed by atoms with Crippen LogP contribution in [0.2, 0.25) is 0 Å². The van der Waals surface area contributed by atoms with Crippen molar-refractivity contribution < 1.29 is 4.39 Å². The van der Waals surface area contributed by atoms with Gasteiger partial charge >= 0.3 is 0 Å². The third kappa shape index (κ3) is 2.27. The summed E-state index contributed by atoms with van der Waals surface area (Å²) in [5, 5.41) is 0. The molecule has 0 saturated carbocycles. The fourth-order valence-corrected chi connectivity index (χ4v) is 2.98. The van der Waals surface area contributed by atoms with Gasteiger partial charge in [-0.25, -0.2) is 4.39 Å². The number of pyridine rings is 1. The first-order valence-electron chi connectivity index (χ1n) is 6.87. The van der Waals surface area contributed by atoms with Crippen molar-refractivity contribution >= 4 is 5.69 Å². The van der Waals surface area contributed by atoms with Gasteiger partial charge in [0.05, 0.1) is 6.04 Å². The van der Waals surface area contributed by atoms with Gasteiger partial charge < -0.3 is 10.6 Å². The highest BCUT2D eigenvalue weighted by Gasteiger charge is 2.30. The van der Waals surface area contributed by atoms with Gasteiger partial charge in [0.2, 0.25) is 0 Å². The average molecular weight is 271 g/mol. The lowest BCUT2D eigenvalue weighted by Crippen LogP contribution is -2.38. The molecule has 1 aromatic heterocycles. The van der Waals surface area contributed by atoms with E-state index in [1.807, 2.05) is 31.3 Å². The number of fused-ring (bicyclic) bond motifs is 1. The second-order valence-electron chi connectivity index (χ2n) is 5.31. The van der Waals surface area contributed by atoms with Gasteiger partial charge in [0.1, 0.15) is 5.82 Å². The van der Waals surface area contributed by atoms with Crippen LogP contribution in [0, 0.1) is 5.82 Å². The number of benzene rings is 1. The number of hydrogen-bond acceptors (Lipinski definition) is 3. The Balaban J connectivity index is 2.01. The lowest BCUT2D eigenvalue weighted by Gasteiger charge is -2.33. The molecular formula is C16H18FN3. The fraction of sp³-hybridized carbons (Fsp3) is 0.312. The molecule has 2 heterocycles. The first-order valence-corrected chi connectivity index (χ1v) is 6.87. The summed E-state index contributed by atoms with van der Waals surface area (Å²) in [7, 11) is 0. The summed E-state index contributed by atoms with van der Waals surface area (Å²) >= 11 is 0. The van der Waals surface area contributed by atoms with Gasteiger partial charge in [-0.3, -0.25) is 4.98 Å². The minimum atomic E-state index is -0.203. The lowest BCUT2D eigenvalue weighted by atomic mass is 10.0. The Morgan fingerprint density at radius 1 is 1.35 bits per heavy atom. The molecule has 0 fully saturated rings. The molecule has 0 bridgehead atoms. The largest absolute Gasteiger partial charge is 0.362 e. The van der Waals surface area contributed by atoms with E-state index in [0.29, 0.717) is 0 Å². The Morgan fingerprint density at radius 2 is 2.20 bits per heavy atom. The van der Waals surface area contributed by atoms with E-state index in [-0.39, 0.29) is 17.9 Å². The number of rotatable bonds is 3. The molecule has 1 aromatic carbocycles. The van der Waals surface area contributed by atoms with E-state index in [0.717, 1.165) is 24.2 Å². The summed E-state index contributed by atoms with van der Waals surface area (Å²) in [5.41, 5.74) is 9.39. The molecule has 2 atom stereocenters. The van der Waals surface area contributed by atoms with E-state index >= 15 is 0 Å². The summed E-state index contributed by atoms with van der Waals surface area (Å²) in [4.78, 5) is 6.37. The molecule has 20 heavy (non-hydrogen) atoms. The fourth-order valence-electron chi connectivity index (χ4n) is 2.98.